The van der Waals surface area contributed by atoms with Crippen molar-refractivity contribution in [3.63, 3.8) is 0 Å². The van der Waals surface area contributed by atoms with Crippen LogP contribution < -0.4 is 11.1 Å². The van der Waals surface area contributed by atoms with Gasteiger partial charge in [0.05, 0.1) is 6.04 Å². The number of carbonyl (C=O) groups is 1. The maximum Gasteiger partial charge on any atom is 0.237 e. The van der Waals surface area contributed by atoms with Gasteiger partial charge < -0.3 is 11.1 Å². The highest BCUT2D eigenvalue weighted by Gasteiger charge is 2.21. The summed E-state index contributed by atoms with van der Waals surface area (Å²) in [5.74, 6) is 0.163. The Kier molecular flexibility index (Phi) is 6.52. The van der Waals surface area contributed by atoms with E-state index in [2.05, 4.69) is 10.2 Å². The van der Waals surface area contributed by atoms with E-state index in [0.29, 0.717) is 12.6 Å². The van der Waals surface area contributed by atoms with Gasteiger partial charge >= 0.3 is 0 Å². The lowest BCUT2D eigenvalue weighted by atomic mass is 9.95. The SMILES string of the molecule is CC(C(=O)NC1CCCCC1)N(C)CCCN. The van der Waals surface area contributed by atoms with Crippen molar-refractivity contribution >= 4 is 5.91 Å². The number of hydrogen-bond donors (Lipinski definition) is 2. The Morgan fingerprint density at radius 3 is 2.65 bits per heavy atom. The van der Waals surface area contributed by atoms with Crippen LogP contribution in [0.5, 0.6) is 0 Å². The standard InChI is InChI=1S/C13H27N3O/c1-11(16(2)10-6-9-14)13(17)15-12-7-4-3-5-8-12/h11-12H,3-10,14H2,1-2H3,(H,15,17). The van der Waals surface area contributed by atoms with Crippen molar-refractivity contribution in [1.82, 2.24) is 10.2 Å². The van der Waals surface area contributed by atoms with Gasteiger partial charge in [0.15, 0.2) is 0 Å². The van der Waals surface area contributed by atoms with E-state index in [9.17, 15) is 4.79 Å². The summed E-state index contributed by atoms with van der Waals surface area (Å²) in [5, 5.41) is 3.16. The van der Waals surface area contributed by atoms with Gasteiger partial charge in [0.25, 0.3) is 0 Å². The van der Waals surface area contributed by atoms with Gasteiger partial charge in [-0.25, -0.2) is 0 Å². The van der Waals surface area contributed by atoms with Crippen LogP contribution in [0, 0.1) is 0 Å². The molecule has 0 spiro atoms. The van der Waals surface area contributed by atoms with Crippen LogP contribution in [0.4, 0.5) is 0 Å². The Hall–Kier alpha value is -0.610. The van der Waals surface area contributed by atoms with E-state index in [1.54, 1.807) is 0 Å². The molecule has 4 nitrogen and oxygen atoms in total. The van der Waals surface area contributed by atoms with Crippen LogP contribution >= 0.6 is 0 Å². The molecule has 0 aromatic carbocycles. The number of amides is 1. The molecule has 0 radical (unpaired) electrons. The van der Waals surface area contributed by atoms with Gasteiger partial charge in [0.1, 0.15) is 0 Å². The van der Waals surface area contributed by atoms with E-state index < -0.39 is 0 Å². The first-order chi connectivity index (χ1) is 8.15. The molecule has 1 unspecified atom stereocenters. The minimum Gasteiger partial charge on any atom is -0.352 e. The van der Waals surface area contributed by atoms with E-state index in [0.717, 1.165) is 25.8 Å². The van der Waals surface area contributed by atoms with Gasteiger partial charge in [-0.2, -0.15) is 0 Å². The van der Waals surface area contributed by atoms with Crippen molar-refractivity contribution in [2.75, 3.05) is 20.1 Å². The highest BCUT2D eigenvalue weighted by molar-refractivity contribution is 5.81. The van der Waals surface area contributed by atoms with Crippen LogP contribution in [0.25, 0.3) is 0 Å². The average Bonchev–Trinajstić information content (AvgIpc) is 2.36. The van der Waals surface area contributed by atoms with Gasteiger partial charge in [-0.05, 0) is 46.3 Å². The van der Waals surface area contributed by atoms with Crippen molar-refractivity contribution in [3.05, 3.63) is 0 Å². The van der Waals surface area contributed by atoms with Crippen LogP contribution in [0.3, 0.4) is 0 Å². The zero-order valence-corrected chi connectivity index (χ0v) is 11.2. The van der Waals surface area contributed by atoms with Gasteiger partial charge in [0.2, 0.25) is 5.91 Å². The first-order valence-electron chi connectivity index (χ1n) is 6.86. The number of hydrogen-bond acceptors (Lipinski definition) is 3. The lowest BCUT2D eigenvalue weighted by Gasteiger charge is -2.28. The fraction of sp³-hybridized carbons (Fsp3) is 0.923. The van der Waals surface area contributed by atoms with Crippen LogP contribution in [0.2, 0.25) is 0 Å². The van der Waals surface area contributed by atoms with Crippen molar-refractivity contribution in [2.45, 2.75) is 57.5 Å². The highest BCUT2D eigenvalue weighted by atomic mass is 16.2. The molecule has 0 aliphatic heterocycles. The number of nitrogens with one attached hydrogen (secondary N) is 1. The van der Waals surface area contributed by atoms with E-state index in [4.69, 9.17) is 5.73 Å². The number of nitrogens with two attached hydrogens (primary N) is 1. The Morgan fingerprint density at radius 1 is 1.41 bits per heavy atom. The third-order valence-electron chi connectivity index (χ3n) is 3.71. The lowest BCUT2D eigenvalue weighted by Crippen LogP contribution is -2.47. The fourth-order valence-corrected chi connectivity index (χ4v) is 2.30. The molecule has 3 N–H and O–H groups in total. The van der Waals surface area contributed by atoms with Crippen LogP contribution in [-0.2, 0) is 4.79 Å². The molecule has 1 rings (SSSR count). The Bertz CT molecular complexity index is 227. The van der Waals surface area contributed by atoms with Crippen LogP contribution in [-0.4, -0.2) is 43.0 Å². The molecule has 1 fully saturated rings. The predicted octanol–water partition coefficient (Wildman–Crippen LogP) is 1.10. The van der Waals surface area contributed by atoms with Crippen LogP contribution in [0.15, 0.2) is 0 Å². The second kappa shape index (κ2) is 7.67. The zero-order chi connectivity index (χ0) is 12.7. The quantitative estimate of drug-likeness (QED) is 0.732. The molecule has 0 aromatic rings. The van der Waals surface area contributed by atoms with Crippen molar-refractivity contribution in [3.8, 4) is 0 Å². The van der Waals surface area contributed by atoms with Crippen molar-refractivity contribution < 1.29 is 4.79 Å². The van der Waals surface area contributed by atoms with Crippen molar-refractivity contribution in [1.29, 1.82) is 0 Å². The van der Waals surface area contributed by atoms with E-state index in [-0.39, 0.29) is 11.9 Å². The van der Waals surface area contributed by atoms with Gasteiger partial charge in [-0.1, -0.05) is 19.3 Å². The van der Waals surface area contributed by atoms with E-state index in [1.807, 2.05) is 14.0 Å². The molecule has 0 aromatic heterocycles. The molecule has 17 heavy (non-hydrogen) atoms. The molecule has 1 saturated carbocycles. The van der Waals surface area contributed by atoms with E-state index >= 15 is 0 Å². The predicted molar refractivity (Wildman–Crippen MR) is 70.8 cm³/mol. The summed E-state index contributed by atoms with van der Waals surface area (Å²) in [7, 11) is 1.99. The van der Waals surface area contributed by atoms with Gasteiger partial charge in [-0.15, -0.1) is 0 Å². The minimum atomic E-state index is -0.0523. The second-order valence-electron chi connectivity index (χ2n) is 5.14. The fourth-order valence-electron chi connectivity index (χ4n) is 2.30. The molecule has 0 saturated heterocycles. The maximum absolute atomic E-state index is 12.0. The molecule has 1 atom stereocenters. The number of nitrogens with zero attached hydrogens (tertiary/aromatic N) is 1. The largest absolute Gasteiger partial charge is 0.352 e. The third kappa shape index (κ3) is 5.04. The first-order valence-corrected chi connectivity index (χ1v) is 6.86. The molecular weight excluding hydrogens is 214 g/mol. The lowest BCUT2D eigenvalue weighted by molar-refractivity contribution is -0.126. The smallest absolute Gasteiger partial charge is 0.237 e. The molecule has 4 heteroatoms. The summed E-state index contributed by atoms with van der Waals surface area (Å²) >= 11 is 0. The number of likely N-dealkylation sites (N-methyl/N-ethyl adjacent to an activating group) is 1. The Labute approximate surface area is 105 Å². The molecular formula is C13H27N3O. The average molecular weight is 241 g/mol. The summed E-state index contributed by atoms with van der Waals surface area (Å²) in [6.07, 6.45) is 7.05. The molecule has 1 aliphatic carbocycles. The molecule has 0 heterocycles. The normalized spacial score (nSPS) is 19.3. The summed E-state index contributed by atoms with van der Waals surface area (Å²) in [4.78, 5) is 14.1. The summed E-state index contributed by atoms with van der Waals surface area (Å²) < 4.78 is 0. The zero-order valence-electron chi connectivity index (χ0n) is 11.2. The Balaban J connectivity index is 2.29. The first kappa shape index (κ1) is 14.5. The number of rotatable bonds is 6. The maximum atomic E-state index is 12.0. The van der Waals surface area contributed by atoms with Crippen molar-refractivity contribution in [2.24, 2.45) is 5.73 Å². The van der Waals surface area contributed by atoms with Gasteiger partial charge in [-0.3, -0.25) is 9.69 Å². The molecule has 1 aliphatic rings. The highest BCUT2D eigenvalue weighted by Crippen LogP contribution is 2.17. The summed E-state index contributed by atoms with van der Waals surface area (Å²) in [6.45, 7) is 3.53. The summed E-state index contributed by atoms with van der Waals surface area (Å²) in [6, 6.07) is 0.352. The van der Waals surface area contributed by atoms with Crippen LogP contribution in [0.1, 0.15) is 45.4 Å². The monoisotopic (exact) mass is 241 g/mol. The molecule has 0 bridgehead atoms. The summed E-state index contributed by atoms with van der Waals surface area (Å²) in [5.41, 5.74) is 5.48. The molecule has 1 amide bonds. The minimum absolute atomic E-state index is 0.0523. The third-order valence-corrected chi connectivity index (χ3v) is 3.71. The second-order valence-corrected chi connectivity index (χ2v) is 5.14. The van der Waals surface area contributed by atoms with Gasteiger partial charge in [0, 0.05) is 6.04 Å². The Morgan fingerprint density at radius 2 is 2.06 bits per heavy atom. The van der Waals surface area contributed by atoms with E-state index in [1.165, 1.54) is 19.3 Å². The number of carbonyl (C=O) groups excluding carboxylic acids is 1. The molecule has 100 valence electrons. The topological polar surface area (TPSA) is 58.4 Å².